The van der Waals surface area contributed by atoms with Gasteiger partial charge < -0.3 is 9.80 Å². The zero-order chi connectivity index (χ0) is 13.4. The van der Waals surface area contributed by atoms with Crippen LogP contribution in [0.2, 0.25) is 0 Å². The maximum absolute atomic E-state index is 4.48. The maximum atomic E-state index is 4.48. The number of nitrogens with zero attached hydrogens (tertiary/aromatic N) is 6. The van der Waals surface area contributed by atoms with Gasteiger partial charge in [-0.05, 0) is 20.8 Å². The summed E-state index contributed by atoms with van der Waals surface area (Å²) >= 11 is 2.96. The third-order valence-corrected chi connectivity index (χ3v) is 4.89. The van der Waals surface area contributed by atoms with Crippen LogP contribution in [0.5, 0.6) is 0 Å². The highest BCUT2D eigenvalue weighted by molar-refractivity contribution is 7.10. The number of hydrogen-bond donors (Lipinski definition) is 0. The lowest BCUT2D eigenvalue weighted by atomic mass is 10.2. The second-order valence-corrected chi connectivity index (χ2v) is 6.20. The molecule has 0 unspecified atom stereocenters. The summed E-state index contributed by atoms with van der Waals surface area (Å²) in [4.78, 5) is 13.6. The van der Waals surface area contributed by atoms with E-state index < -0.39 is 0 Å². The zero-order valence-electron chi connectivity index (χ0n) is 11.2. The minimum atomic E-state index is 0.408. The van der Waals surface area contributed by atoms with Crippen LogP contribution < -0.4 is 9.80 Å². The summed E-state index contributed by atoms with van der Waals surface area (Å²) in [6.45, 7) is 8.95. The molecule has 0 aliphatic carbocycles. The predicted molar refractivity (Wildman–Crippen MR) is 78.3 cm³/mol. The molecule has 102 valence electrons. The Kier molecular flexibility index (Phi) is 3.36. The summed E-state index contributed by atoms with van der Waals surface area (Å²) in [5.41, 5.74) is 0. The molecule has 8 heteroatoms. The van der Waals surface area contributed by atoms with Crippen LogP contribution in [-0.2, 0) is 0 Å². The van der Waals surface area contributed by atoms with E-state index in [0.29, 0.717) is 6.04 Å². The molecule has 0 bridgehead atoms. The topological polar surface area (TPSA) is 58.0 Å². The molecule has 1 aliphatic heterocycles. The number of anilines is 2. The van der Waals surface area contributed by atoms with Crippen LogP contribution in [0.3, 0.4) is 0 Å². The van der Waals surface area contributed by atoms with Gasteiger partial charge in [-0.25, -0.2) is 9.97 Å². The van der Waals surface area contributed by atoms with E-state index in [4.69, 9.17) is 0 Å². The van der Waals surface area contributed by atoms with Crippen molar-refractivity contribution in [2.45, 2.75) is 26.8 Å². The molecule has 0 radical (unpaired) electrons. The largest absolute Gasteiger partial charge is 0.343 e. The summed E-state index contributed by atoms with van der Waals surface area (Å²) < 4.78 is 8.51. The van der Waals surface area contributed by atoms with Gasteiger partial charge in [0.1, 0.15) is 11.6 Å². The molecule has 0 aromatic carbocycles. The lowest BCUT2D eigenvalue weighted by Crippen LogP contribution is -2.52. The minimum absolute atomic E-state index is 0.408. The molecule has 1 atom stereocenters. The van der Waals surface area contributed by atoms with Gasteiger partial charge >= 0.3 is 0 Å². The van der Waals surface area contributed by atoms with E-state index >= 15 is 0 Å². The van der Waals surface area contributed by atoms with Gasteiger partial charge in [-0.2, -0.15) is 8.75 Å². The van der Waals surface area contributed by atoms with E-state index in [9.17, 15) is 0 Å². The van der Waals surface area contributed by atoms with E-state index in [1.807, 2.05) is 13.8 Å². The fraction of sp³-hybridized carbons (Fsp3) is 0.636. The quantitative estimate of drug-likeness (QED) is 0.841. The van der Waals surface area contributed by atoms with Crippen LogP contribution in [0, 0.1) is 13.8 Å². The molecule has 0 N–H and O–H groups in total. The fourth-order valence-corrected chi connectivity index (χ4v) is 3.75. The monoisotopic (exact) mass is 296 g/mol. The lowest BCUT2D eigenvalue weighted by Gasteiger charge is -2.39. The standard InChI is InChI=1S/C11H16N6S2/c1-7-6-16(10-12-8(2)14-18-10)4-5-17(7)11-13-9(3)15-19-11/h7H,4-6H2,1-3H3/t7-/m1/s1. The summed E-state index contributed by atoms with van der Waals surface area (Å²) in [5, 5.41) is 2.05. The Morgan fingerprint density at radius 2 is 1.63 bits per heavy atom. The first kappa shape index (κ1) is 12.7. The molecule has 1 saturated heterocycles. The van der Waals surface area contributed by atoms with Crippen molar-refractivity contribution in [2.24, 2.45) is 0 Å². The van der Waals surface area contributed by atoms with Crippen molar-refractivity contribution in [1.29, 1.82) is 0 Å². The average Bonchev–Trinajstić information content (AvgIpc) is 2.98. The minimum Gasteiger partial charge on any atom is -0.343 e. The van der Waals surface area contributed by atoms with Crippen molar-refractivity contribution in [3.63, 3.8) is 0 Å². The molecule has 2 aromatic rings. The molecule has 3 rings (SSSR count). The Bertz CT molecular complexity index is 565. The van der Waals surface area contributed by atoms with Crippen LogP contribution in [0.15, 0.2) is 0 Å². The second-order valence-electron chi connectivity index (χ2n) is 4.74. The Hall–Kier alpha value is -1.28. The fourth-order valence-electron chi connectivity index (χ4n) is 2.23. The highest BCUT2D eigenvalue weighted by atomic mass is 32.1. The first-order valence-electron chi connectivity index (χ1n) is 6.25. The molecule has 3 heterocycles. The number of rotatable bonds is 2. The van der Waals surface area contributed by atoms with Crippen LogP contribution >= 0.6 is 23.1 Å². The van der Waals surface area contributed by atoms with Gasteiger partial charge in [-0.1, -0.05) is 0 Å². The third-order valence-electron chi connectivity index (χ3n) is 3.18. The highest BCUT2D eigenvalue weighted by Crippen LogP contribution is 2.25. The summed E-state index contributed by atoms with van der Waals surface area (Å²) in [6, 6.07) is 0.408. The summed E-state index contributed by atoms with van der Waals surface area (Å²) in [5.74, 6) is 1.71. The summed E-state index contributed by atoms with van der Waals surface area (Å²) in [7, 11) is 0. The first-order chi connectivity index (χ1) is 9.13. The zero-order valence-corrected chi connectivity index (χ0v) is 12.8. The molecule has 0 saturated carbocycles. The van der Waals surface area contributed by atoms with E-state index in [2.05, 4.69) is 35.4 Å². The Morgan fingerprint density at radius 3 is 2.16 bits per heavy atom. The molecule has 6 nitrogen and oxygen atoms in total. The van der Waals surface area contributed by atoms with Crippen molar-refractivity contribution < 1.29 is 0 Å². The highest BCUT2D eigenvalue weighted by Gasteiger charge is 2.27. The van der Waals surface area contributed by atoms with E-state index in [-0.39, 0.29) is 0 Å². The van der Waals surface area contributed by atoms with Gasteiger partial charge in [0.2, 0.25) is 10.3 Å². The number of aromatic nitrogens is 4. The van der Waals surface area contributed by atoms with Gasteiger partial charge in [0.05, 0.1) is 0 Å². The normalized spacial score (nSPS) is 20.1. The van der Waals surface area contributed by atoms with E-state index in [1.54, 1.807) is 0 Å². The van der Waals surface area contributed by atoms with Gasteiger partial charge in [0, 0.05) is 48.7 Å². The van der Waals surface area contributed by atoms with E-state index in [0.717, 1.165) is 41.5 Å². The molecule has 0 spiro atoms. The third kappa shape index (κ3) is 2.55. The average molecular weight is 296 g/mol. The van der Waals surface area contributed by atoms with Crippen molar-refractivity contribution >= 4 is 33.3 Å². The van der Waals surface area contributed by atoms with Crippen molar-refractivity contribution in [1.82, 2.24) is 18.7 Å². The first-order valence-corrected chi connectivity index (χ1v) is 7.80. The Labute approximate surface area is 120 Å². The number of piperazine rings is 1. The van der Waals surface area contributed by atoms with Crippen LogP contribution in [0.4, 0.5) is 10.3 Å². The SMILES string of the molecule is Cc1nsc(N2CCN(c3nc(C)ns3)[C@H](C)C2)n1. The number of hydrogen-bond acceptors (Lipinski definition) is 8. The molecular weight excluding hydrogens is 280 g/mol. The van der Waals surface area contributed by atoms with Crippen molar-refractivity contribution in [3.05, 3.63) is 11.6 Å². The van der Waals surface area contributed by atoms with Crippen LogP contribution in [0.25, 0.3) is 0 Å². The molecule has 19 heavy (non-hydrogen) atoms. The van der Waals surface area contributed by atoms with E-state index in [1.165, 1.54) is 23.1 Å². The second kappa shape index (κ2) is 5.01. The van der Waals surface area contributed by atoms with Crippen molar-refractivity contribution in [3.8, 4) is 0 Å². The van der Waals surface area contributed by atoms with Crippen molar-refractivity contribution in [2.75, 3.05) is 29.4 Å². The van der Waals surface area contributed by atoms with Gasteiger partial charge in [0.25, 0.3) is 0 Å². The molecule has 1 aliphatic rings. The molecule has 1 fully saturated rings. The maximum Gasteiger partial charge on any atom is 0.205 e. The number of aryl methyl sites for hydroxylation is 2. The van der Waals surface area contributed by atoms with Crippen LogP contribution in [0.1, 0.15) is 18.6 Å². The lowest BCUT2D eigenvalue weighted by molar-refractivity contribution is 0.549. The smallest absolute Gasteiger partial charge is 0.205 e. The Balaban J connectivity index is 1.72. The van der Waals surface area contributed by atoms with Gasteiger partial charge in [0.15, 0.2) is 0 Å². The molecular formula is C11H16N6S2. The predicted octanol–water partition coefficient (Wildman–Crippen LogP) is 1.72. The molecule has 2 aromatic heterocycles. The van der Waals surface area contributed by atoms with Gasteiger partial charge in [-0.3, -0.25) is 0 Å². The summed E-state index contributed by atoms with van der Waals surface area (Å²) in [6.07, 6.45) is 0. The molecule has 0 amide bonds. The Morgan fingerprint density at radius 1 is 1.00 bits per heavy atom. The van der Waals surface area contributed by atoms with Crippen LogP contribution in [-0.4, -0.2) is 44.4 Å². The van der Waals surface area contributed by atoms with Gasteiger partial charge in [-0.15, -0.1) is 0 Å².